The third-order valence-corrected chi connectivity index (χ3v) is 3.53. The van der Waals surface area contributed by atoms with E-state index in [1.807, 2.05) is 24.3 Å². The Labute approximate surface area is 100 Å². The topological polar surface area (TPSA) is 78.0 Å². The predicted octanol–water partition coefficient (Wildman–Crippen LogP) is 0.540. The molecule has 0 aliphatic rings. The van der Waals surface area contributed by atoms with E-state index in [1.165, 1.54) is 6.26 Å². The van der Waals surface area contributed by atoms with E-state index in [0.717, 1.165) is 16.6 Å². The van der Waals surface area contributed by atoms with Crippen LogP contribution in [0.2, 0.25) is 0 Å². The first-order chi connectivity index (χ1) is 8.01. The summed E-state index contributed by atoms with van der Waals surface area (Å²) in [5, 5.41) is 5.33. The third-order valence-electron chi connectivity index (χ3n) is 2.60. The van der Waals surface area contributed by atoms with Gasteiger partial charge in [-0.1, -0.05) is 18.2 Å². The Hall–Kier alpha value is -1.40. The number of aromatic nitrogens is 2. The summed E-state index contributed by atoms with van der Waals surface area (Å²) in [5.74, 6) is 0.0860. The Morgan fingerprint density at radius 3 is 2.71 bits per heavy atom. The van der Waals surface area contributed by atoms with Crippen LogP contribution < -0.4 is 5.73 Å². The molecule has 0 atom stereocenters. The molecule has 0 unspecified atom stereocenters. The Bertz CT molecular complexity index is 631. The number of hydrogen-bond acceptors (Lipinski definition) is 4. The van der Waals surface area contributed by atoms with E-state index in [9.17, 15) is 8.42 Å². The van der Waals surface area contributed by atoms with Gasteiger partial charge in [0.2, 0.25) is 0 Å². The number of hydrogen-bond donors (Lipinski definition) is 1. The molecule has 0 aliphatic heterocycles. The van der Waals surface area contributed by atoms with E-state index < -0.39 is 9.84 Å². The summed E-state index contributed by atoms with van der Waals surface area (Å²) < 4.78 is 24.0. The maximum atomic E-state index is 11.2. The Morgan fingerprint density at radius 2 is 2.06 bits per heavy atom. The minimum atomic E-state index is -2.98. The Morgan fingerprint density at radius 1 is 1.35 bits per heavy atom. The number of para-hydroxylation sites is 1. The molecule has 92 valence electrons. The van der Waals surface area contributed by atoms with Crippen molar-refractivity contribution in [2.24, 2.45) is 5.73 Å². The molecule has 0 aliphatic carbocycles. The largest absolute Gasteiger partial charge is 0.325 e. The molecule has 1 aromatic carbocycles. The van der Waals surface area contributed by atoms with Crippen molar-refractivity contribution in [2.45, 2.75) is 13.1 Å². The van der Waals surface area contributed by atoms with Crippen molar-refractivity contribution < 1.29 is 8.42 Å². The molecule has 0 fully saturated rings. The molecule has 0 saturated carbocycles. The standard InChI is InChI=1S/C11H15N3O2S/c1-17(15,16)7-6-14-11-5-3-2-4-9(11)10(8-12)13-14/h2-5H,6-8,12H2,1H3. The zero-order chi connectivity index (χ0) is 12.5. The van der Waals surface area contributed by atoms with Gasteiger partial charge in [0, 0.05) is 18.2 Å². The first kappa shape index (κ1) is 12.1. The molecule has 0 amide bonds. The lowest BCUT2D eigenvalue weighted by Gasteiger charge is -2.01. The number of sulfone groups is 1. The Kier molecular flexibility index (Phi) is 3.17. The van der Waals surface area contributed by atoms with E-state index in [2.05, 4.69) is 5.10 Å². The summed E-state index contributed by atoms with van der Waals surface area (Å²) in [6.45, 7) is 0.714. The molecule has 5 nitrogen and oxygen atoms in total. The van der Waals surface area contributed by atoms with Gasteiger partial charge >= 0.3 is 0 Å². The monoisotopic (exact) mass is 253 g/mol. The van der Waals surface area contributed by atoms with Crippen LogP contribution in [0.1, 0.15) is 5.69 Å². The number of nitrogens with two attached hydrogens (primary N) is 1. The highest BCUT2D eigenvalue weighted by Crippen LogP contribution is 2.17. The first-order valence-electron chi connectivity index (χ1n) is 5.33. The van der Waals surface area contributed by atoms with Crippen molar-refractivity contribution in [3.63, 3.8) is 0 Å². The van der Waals surface area contributed by atoms with Crippen LogP contribution in [0.15, 0.2) is 24.3 Å². The molecule has 2 N–H and O–H groups in total. The summed E-state index contributed by atoms with van der Waals surface area (Å²) in [7, 11) is -2.98. The summed E-state index contributed by atoms with van der Waals surface area (Å²) >= 11 is 0. The lowest BCUT2D eigenvalue weighted by atomic mass is 10.2. The molecule has 6 heteroatoms. The second kappa shape index (κ2) is 4.46. The molecule has 0 saturated heterocycles. The zero-order valence-corrected chi connectivity index (χ0v) is 10.4. The minimum absolute atomic E-state index is 0.0860. The van der Waals surface area contributed by atoms with Gasteiger partial charge < -0.3 is 5.73 Å². The second-order valence-electron chi connectivity index (χ2n) is 4.02. The molecular weight excluding hydrogens is 238 g/mol. The van der Waals surface area contributed by atoms with Crippen molar-refractivity contribution in [3.05, 3.63) is 30.0 Å². The molecule has 0 radical (unpaired) electrons. The third kappa shape index (κ3) is 2.65. The number of nitrogens with zero attached hydrogens (tertiary/aromatic N) is 2. The SMILES string of the molecule is CS(=O)(=O)CCn1nc(CN)c2ccccc21. The fraction of sp³-hybridized carbons (Fsp3) is 0.364. The molecule has 2 aromatic rings. The van der Waals surface area contributed by atoms with E-state index >= 15 is 0 Å². The van der Waals surface area contributed by atoms with Gasteiger partial charge in [-0.05, 0) is 6.07 Å². The zero-order valence-electron chi connectivity index (χ0n) is 9.63. The van der Waals surface area contributed by atoms with Gasteiger partial charge in [-0.25, -0.2) is 8.42 Å². The minimum Gasteiger partial charge on any atom is -0.325 e. The van der Waals surface area contributed by atoms with E-state index in [0.29, 0.717) is 13.1 Å². The fourth-order valence-corrected chi connectivity index (χ4v) is 2.27. The van der Waals surface area contributed by atoms with E-state index in [1.54, 1.807) is 4.68 Å². The number of fused-ring (bicyclic) bond motifs is 1. The van der Waals surface area contributed by atoms with Crippen LogP contribution >= 0.6 is 0 Å². The number of benzene rings is 1. The van der Waals surface area contributed by atoms with Crippen LogP contribution in [-0.4, -0.2) is 30.2 Å². The second-order valence-corrected chi connectivity index (χ2v) is 6.28. The normalized spacial score (nSPS) is 12.1. The van der Waals surface area contributed by atoms with Gasteiger partial charge in [0.15, 0.2) is 0 Å². The first-order valence-corrected chi connectivity index (χ1v) is 7.39. The van der Waals surface area contributed by atoms with Crippen LogP contribution in [0.3, 0.4) is 0 Å². The van der Waals surface area contributed by atoms with Crippen LogP contribution in [0, 0.1) is 0 Å². The molecular formula is C11H15N3O2S. The smallest absolute Gasteiger partial charge is 0.149 e. The lowest BCUT2D eigenvalue weighted by molar-refractivity contribution is 0.588. The van der Waals surface area contributed by atoms with Gasteiger partial charge in [-0.2, -0.15) is 5.10 Å². The van der Waals surface area contributed by atoms with Crippen molar-refractivity contribution >= 4 is 20.7 Å². The van der Waals surface area contributed by atoms with Crippen molar-refractivity contribution in [1.82, 2.24) is 9.78 Å². The van der Waals surface area contributed by atoms with E-state index in [4.69, 9.17) is 5.73 Å². The average Bonchev–Trinajstić information content (AvgIpc) is 2.64. The van der Waals surface area contributed by atoms with Gasteiger partial charge in [0.05, 0.1) is 23.5 Å². The molecule has 1 heterocycles. The van der Waals surface area contributed by atoms with Crippen LogP contribution in [0.25, 0.3) is 10.9 Å². The van der Waals surface area contributed by atoms with Gasteiger partial charge in [0.1, 0.15) is 9.84 Å². The van der Waals surface area contributed by atoms with Crippen LogP contribution in [0.4, 0.5) is 0 Å². The van der Waals surface area contributed by atoms with Crippen LogP contribution in [-0.2, 0) is 22.9 Å². The highest BCUT2D eigenvalue weighted by atomic mass is 32.2. The summed E-state index contributed by atoms with van der Waals surface area (Å²) in [6, 6.07) is 7.69. The predicted molar refractivity (Wildman–Crippen MR) is 67.3 cm³/mol. The Balaban J connectivity index is 2.41. The quantitative estimate of drug-likeness (QED) is 0.862. The maximum absolute atomic E-state index is 11.2. The summed E-state index contributed by atoms with van der Waals surface area (Å²) in [4.78, 5) is 0. The van der Waals surface area contributed by atoms with Crippen LogP contribution in [0.5, 0.6) is 0 Å². The molecule has 2 rings (SSSR count). The van der Waals surface area contributed by atoms with Crippen molar-refractivity contribution in [3.8, 4) is 0 Å². The maximum Gasteiger partial charge on any atom is 0.149 e. The highest BCUT2D eigenvalue weighted by molar-refractivity contribution is 7.90. The van der Waals surface area contributed by atoms with Crippen molar-refractivity contribution in [1.29, 1.82) is 0 Å². The molecule has 0 spiro atoms. The van der Waals surface area contributed by atoms with Gasteiger partial charge in [-0.3, -0.25) is 4.68 Å². The average molecular weight is 253 g/mol. The summed E-state index contributed by atoms with van der Waals surface area (Å²) in [5.41, 5.74) is 7.34. The number of rotatable bonds is 4. The van der Waals surface area contributed by atoms with Gasteiger partial charge in [0.25, 0.3) is 0 Å². The number of aryl methyl sites for hydroxylation is 1. The summed E-state index contributed by atoms with van der Waals surface area (Å²) in [6.07, 6.45) is 1.22. The molecule has 1 aromatic heterocycles. The fourth-order valence-electron chi connectivity index (χ4n) is 1.77. The van der Waals surface area contributed by atoms with E-state index in [-0.39, 0.29) is 5.75 Å². The lowest BCUT2D eigenvalue weighted by Crippen LogP contribution is -2.12. The van der Waals surface area contributed by atoms with Gasteiger partial charge in [-0.15, -0.1) is 0 Å². The molecule has 17 heavy (non-hydrogen) atoms. The van der Waals surface area contributed by atoms with Crippen molar-refractivity contribution in [2.75, 3.05) is 12.0 Å². The molecule has 0 bridgehead atoms. The highest BCUT2D eigenvalue weighted by Gasteiger charge is 2.10.